The molecule has 5 heteroatoms. The van der Waals surface area contributed by atoms with Crippen molar-refractivity contribution in [3.8, 4) is 11.3 Å². The molecule has 5 nitrogen and oxygen atoms in total. The summed E-state index contributed by atoms with van der Waals surface area (Å²) in [6.07, 6.45) is 1.68. The quantitative estimate of drug-likeness (QED) is 0.719. The fourth-order valence-corrected chi connectivity index (χ4v) is 2.21. The first kappa shape index (κ1) is 13.6. The first-order valence-electron chi connectivity index (χ1n) is 6.81. The van der Waals surface area contributed by atoms with Gasteiger partial charge in [-0.1, -0.05) is 35.5 Å². The van der Waals surface area contributed by atoms with Gasteiger partial charge in [-0.3, -0.25) is 4.90 Å². The molecule has 0 aliphatic carbocycles. The van der Waals surface area contributed by atoms with Crippen LogP contribution in [0.15, 0.2) is 51.6 Å². The van der Waals surface area contributed by atoms with Crippen molar-refractivity contribution in [2.24, 2.45) is 0 Å². The van der Waals surface area contributed by atoms with E-state index < -0.39 is 0 Å². The van der Waals surface area contributed by atoms with Crippen molar-refractivity contribution in [3.63, 3.8) is 0 Å². The zero-order valence-corrected chi connectivity index (χ0v) is 12.1. The molecule has 0 fully saturated rings. The van der Waals surface area contributed by atoms with Crippen molar-refractivity contribution in [2.45, 2.75) is 20.0 Å². The molecule has 2 heterocycles. The molecule has 0 unspecified atom stereocenters. The van der Waals surface area contributed by atoms with Gasteiger partial charge in [-0.05, 0) is 7.05 Å². The van der Waals surface area contributed by atoms with E-state index in [2.05, 4.69) is 15.0 Å². The third-order valence-corrected chi connectivity index (χ3v) is 3.15. The molecule has 0 aliphatic rings. The smallest absolute Gasteiger partial charge is 0.191 e. The molecule has 21 heavy (non-hydrogen) atoms. The van der Waals surface area contributed by atoms with E-state index in [1.165, 1.54) is 0 Å². The van der Waals surface area contributed by atoms with Gasteiger partial charge in [-0.2, -0.15) is 0 Å². The van der Waals surface area contributed by atoms with E-state index >= 15 is 0 Å². The monoisotopic (exact) mass is 283 g/mol. The van der Waals surface area contributed by atoms with Crippen LogP contribution in [0.4, 0.5) is 0 Å². The van der Waals surface area contributed by atoms with Gasteiger partial charge >= 0.3 is 0 Å². The van der Waals surface area contributed by atoms with Crippen LogP contribution in [-0.2, 0) is 13.1 Å². The summed E-state index contributed by atoms with van der Waals surface area (Å²) in [4.78, 5) is 6.39. The van der Waals surface area contributed by atoms with Gasteiger partial charge in [0.1, 0.15) is 12.0 Å². The number of oxazole rings is 1. The van der Waals surface area contributed by atoms with E-state index in [1.54, 1.807) is 6.26 Å². The average Bonchev–Trinajstić information content (AvgIpc) is 3.09. The van der Waals surface area contributed by atoms with Gasteiger partial charge in [0, 0.05) is 25.1 Å². The molecule has 2 aromatic heterocycles. The molecule has 0 amide bonds. The predicted molar refractivity (Wildman–Crippen MR) is 78.4 cm³/mol. The van der Waals surface area contributed by atoms with Gasteiger partial charge in [0.25, 0.3) is 0 Å². The van der Waals surface area contributed by atoms with Gasteiger partial charge in [-0.15, -0.1) is 0 Å². The van der Waals surface area contributed by atoms with Crippen molar-refractivity contribution in [3.05, 3.63) is 60.0 Å². The SMILES string of the molecule is Cc1nc(CN(C)Cc2cc(-c3ccccc3)no2)co1. The lowest BCUT2D eigenvalue weighted by Crippen LogP contribution is -2.17. The number of hydrogen-bond acceptors (Lipinski definition) is 5. The van der Waals surface area contributed by atoms with Crippen LogP contribution < -0.4 is 0 Å². The lowest BCUT2D eigenvalue weighted by Gasteiger charge is -2.11. The fourth-order valence-electron chi connectivity index (χ4n) is 2.21. The summed E-state index contributed by atoms with van der Waals surface area (Å²) in [5.41, 5.74) is 2.83. The maximum absolute atomic E-state index is 5.40. The van der Waals surface area contributed by atoms with Crippen molar-refractivity contribution >= 4 is 0 Å². The van der Waals surface area contributed by atoms with Gasteiger partial charge < -0.3 is 8.94 Å². The summed E-state index contributed by atoms with van der Waals surface area (Å²) in [6.45, 7) is 3.22. The summed E-state index contributed by atoms with van der Waals surface area (Å²) in [5, 5.41) is 4.11. The normalized spacial score (nSPS) is 11.2. The Morgan fingerprint density at radius 2 is 1.95 bits per heavy atom. The molecule has 3 rings (SSSR count). The summed E-state index contributed by atoms with van der Waals surface area (Å²) in [7, 11) is 2.01. The van der Waals surface area contributed by atoms with Crippen LogP contribution in [-0.4, -0.2) is 22.1 Å². The highest BCUT2D eigenvalue weighted by molar-refractivity contribution is 5.58. The molecular weight excluding hydrogens is 266 g/mol. The Morgan fingerprint density at radius 1 is 1.14 bits per heavy atom. The minimum absolute atomic E-state index is 0.672. The maximum Gasteiger partial charge on any atom is 0.191 e. The van der Waals surface area contributed by atoms with Gasteiger partial charge in [0.2, 0.25) is 0 Å². The van der Waals surface area contributed by atoms with Crippen molar-refractivity contribution < 1.29 is 8.94 Å². The maximum atomic E-state index is 5.40. The van der Waals surface area contributed by atoms with Gasteiger partial charge in [0.05, 0.1) is 12.2 Å². The third-order valence-electron chi connectivity index (χ3n) is 3.15. The molecule has 0 atom stereocenters. The number of rotatable bonds is 5. The highest BCUT2D eigenvalue weighted by atomic mass is 16.5. The number of benzene rings is 1. The fraction of sp³-hybridized carbons (Fsp3) is 0.250. The minimum Gasteiger partial charge on any atom is -0.449 e. The van der Waals surface area contributed by atoms with Gasteiger partial charge in [0.15, 0.2) is 11.7 Å². The topological polar surface area (TPSA) is 55.3 Å². The standard InChI is InChI=1S/C16H17N3O2/c1-12-17-14(11-20-12)9-19(2)10-15-8-16(18-21-15)13-6-4-3-5-7-13/h3-8,11H,9-10H2,1-2H3. The highest BCUT2D eigenvalue weighted by Gasteiger charge is 2.10. The third kappa shape index (κ3) is 3.38. The predicted octanol–water partition coefficient (Wildman–Crippen LogP) is 3.27. The first-order chi connectivity index (χ1) is 10.2. The highest BCUT2D eigenvalue weighted by Crippen LogP contribution is 2.19. The van der Waals surface area contributed by atoms with Gasteiger partial charge in [-0.25, -0.2) is 4.98 Å². The summed E-state index contributed by atoms with van der Waals surface area (Å²) < 4.78 is 10.6. The largest absolute Gasteiger partial charge is 0.449 e. The molecule has 0 N–H and O–H groups in total. The Morgan fingerprint density at radius 3 is 2.67 bits per heavy atom. The second-order valence-electron chi connectivity index (χ2n) is 5.07. The van der Waals surface area contributed by atoms with Crippen LogP contribution in [0.25, 0.3) is 11.3 Å². The summed E-state index contributed by atoms with van der Waals surface area (Å²) in [6, 6.07) is 12.0. The molecule has 0 saturated heterocycles. The summed E-state index contributed by atoms with van der Waals surface area (Å²) in [5.74, 6) is 1.51. The Labute approximate surface area is 123 Å². The number of nitrogens with zero attached hydrogens (tertiary/aromatic N) is 3. The van der Waals surface area contributed by atoms with Crippen LogP contribution in [0.2, 0.25) is 0 Å². The molecule has 108 valence electrons. The second kappa shape index (κ2) is 5.93. The Kier molecular flexibility index (Phi) is 3.83. The average molecular weight is 283 g/mol. The van der Waals surface area contributed by atoms with E-state index in [1.807, 2.05) is 50.4 Å². The summed E-state index contributed by atoms with van der Waals surface area (Å²) >= 11 is 0. The van der Waals surface area contributed by atoms with Crippen LogP contribution in [0.3, 0.4) is 0 Å². The van der Waals surface area contributed by atoms with E-state index in [-0.39, 0.29) is 0 Å². The van der Waals surface area contributed by atoms with E-state index in [0.29, 0.717) is 19.0 Å². The lowest BCUT2D eigenvalue weighted by molar-refractivity contribution is 0.264. The molecule has 1 aromatic carbocycles. The molecule has 0 aliphatic heterocycles. The van der Waals surface area contributed by atoms with Crippen molar-refractivity contribution in [1.82, 2.24) is 15.0 Å². The Hall–Kier alpha value is -2.40. The molecule has 0 radical (unpaired) electrons. The van der Waals surface area contributed by atoms with Crippen molar-refractivity contribution in [1.29, 1.82) is 0 Å². The van der Waals surface area contributed by atoms with E-state index in [9.17, 15) is 0 Å². The minimum atomic E-state index is 0.672. The molecular formula is C16H17N3O2. The van der Waals surface area contributed by atoms with Crippen LogP contribution >= 0.6 is 0 Å². The lowest BCUT2D eigenvalue weighted by atomic mass is 10.1. The van der Waals surface area contributed by atoms with Crippen LogP contribution in [0, 0.1) is 6.92 Å². The molecule has 0 bridgehead atoms. The van der Waals surface area contributed by atoms with Crippen LogP contribution in [0.5, 0.6) is 0 Å². The number of hydrogen-bond donors (Lipinski definition) is 0. The second-order valence-corrected chi connectivity index (χ2v) is 5.07. The molecule has 3 aromatic rings. The number of aromatic nitrogens is 2. The molecule has 0 spiro atoms. The Bertz CT molecular complexity index is 703. The molecule has 0 saturated carbocycles. The van der Waals surface area contributed by atoms with Crippen molar-refractivity contribution in [2.75, 3.05) is 7.05 Å². The number of aryl methyl sites for hydroxylation is 1. The van der Waals surface area contributed by atoms with Crippen LogP contribution in [0.1, 0.15) is 17.3 Å². The zero-order valence-electron chi connectivity index (χ0n) is 12.1. The van der Waals surface area contributed by atoms with E-state index in [4.69, 9.17) is 8.94 Å². The zero-order chi connectivity index (χ0) is 14.7. The van der Waals surface area contributed by atoms with E-state index in [0.717, 1.165) is 22.7 Å². The first-order valence-corrected chi connectivity index (χ1v) is 6.81. The Balaban J connectivity index is 1.64.